The third-order valence-electron chi connectivity index (χ3n) is 4.00. The summed E-state index contributed by atoms with van der Waals surface area (Å²) in [6.07, 6.45) is 4.93. The van der Waals surface area contributed by atoms with Crippen LogP contribution < -0.4 is 16.0 Å². The van der Waals surface area contributed by atoms with Gasteiger partial charge < -0.3 is 20.7 Å². The van der Waals surface area contributed by atoms with Crippen LogP contribution in [0.2, 0.25) is 0 Å². The van der Waals surface area contributed by atoms with Crippen molar-refractivity contribution in [2.45, 2.75) is 31.8 Å². The summed E-state index contributed by atoms with van der Waals surface area (Å²) in [5.41, 5.74) is 0.411. The molecular formula is C12H23N3O2. The van der Waals surface area contributed by atoms with Gasteiger partial charge in [-0.15, -0.1) is 0 Å². The van der Waals surface area contributed by atoms with Crippen LogP contribution in [-0.2, 0) is 4.74 Å². The van der Waals surface area contributed by atoms with Gasteiger partial charge in [-0.25, -0.2) is 4.79 Å². The van der Waals surface area contributed by atoms with Crippen molar-refractivity contribution >= 4 is 6.03 Å². The summed E-state index contributed by atoms with van der Waals surface area (Å²) in [6, 6.07) is -0.129. The molecule has 1 atom stereocenters. The summed E-state index contributed by atoms with van der Waals surface area (Å²) >= 11 is 0. The minimum absolute atomic E-state index is 0.129. The molecule has 5 nitrogen and oxygen atoms in total. The molecule has 5 heteroatoms. The number of nitrogens with one attached hydrogen (secondary N) is 3. The minimum atomic E-state index is -0.129. The van der Waals surface area contributed by atoms with E-state index < -0.39 is 0 Å². The van der Waals surface area contributed by atoms with Gasteiger partial charge in [0.2, 0.25) is 0 Å². The Hall–Kier alpha value is -0.810. The van der Waals surface area contributed by atoms with E-state index in [0.29, 0.717) is 12.0 Å². The number of piperidine rings is 1. The summed E-state index contributed by atoms with van der Waals surface area (Å²) in [7, 11) is 1.63. The van der Waals surface area contributed by atoms with Crippen LogP contribution in [0, 0.1) is 5.41 Å². The highest BCUT2D eigenvalue weighted by atomic mass is 16.5. The smallest absolute Gasteiger partial charge is 0.314 e. The predicted molar refractivity (Wildman–Crippen MR) is 66.0 cm³/mol. The van der Waals surface area contributed by atoms with Gasteiger partial charge in [-0.3, -0.25) is 0 Å². The van der Waals surface area contributed by atoms with Gasteiger partial charge in [0, 0.05) is 13.6 Å². The standard InChI is InChI=1S/C12H23N3O2/c1-13-11(16)15-8-10-2-3-12(9-17-10)4-6-14-7-5-12/h10,14H,2-9H2,1H3,(H2,13,15,16)/t10-/m0/s1. The maximum atomic E-state index is 11.1. The largest absolute Gasteiger partial charge is 0.376 e. The number of hydrogen-bond acceptors (Lipinski definition) is 3. The van der Waals surface area contributed by atoms with Crippen molar-refractivity contribution in [3.63, 3.8) is 0 Å². The lowest BCUT2D eigenvalue weighted by Crippen LogP contribution is -2.47. The zero-order valence-corrected chi connectivity index (χ0v) is 10.6. The molecule has 2 fully saturated rings. The van der Waals surface area contributed by atoms with E-state index in [2.05, 4.69) is 16.0 Å². The van der Waals surface area contributed by atoms with E-state index in [9.17, 15) is 4.79 Å². The molecule has 2 aliphatic heterocycles. The highest BCUT2D eigenvalue weighted by Gasteiger charge is 2.36. The van der Waals surface area contributed by atoms with E-state index in [1.165, 1.54) is 19.3 Å². The Morgan fingerprint density at radius 2 is 2.18 bits per heavy atom. The molecule has 2 heterocycles. The second-order valence-corrected chi connectivity index (χ2v) is 5.18. The topological polar surface area (TPSA) is 62.4 Å². The van der Waals surface area contributed by atoms with Crippen molar-refractivity contribution in [3.05, 3.63) is 0 Å². The number of rotatable bonds is 2. The number of carbonyl (C=O) groups is 1. The number of carbonyl (C=O) groups excluding carboxylic acids is 1. The maximum absolute atomic E-state index is 11.1. The molecule has 0 unspecified atom stereocenters. The molecule has 0 aromatic rings. The molecule has 98 valence electrons. The fourth-order valence-electron chi connectivity index (χ4n) is 2.72. The number of urea groups is 1. The van der Waals surface area contributed by atoms with Crippen LogP contribution in [0.3, 0.4) is 0 Å². The van der Waals surface area contributed by atoms with E-state index >= 15 is 0 Å². The Kier molecular flexibility index (Phi) is 4.23. The molecule has 2 saturated heterocycles. The van der Waals surface area contributed by atoms with Gasteiger partial charge in [-0.2, -0.15) is 0 Å². The summed E-state index contributed by atoms with van der Waals surface area (Å²) in [5, 5.41) is 8.75. The molecule has 0 aromatic heterocycles. The molecule has 1 spiro atoms. The first-order chi connectivity index (χ1) is 8.24. The van der Waals surface area contributed by atoms with Gasteiger partial charge in [0.25, 0.3) is 0 Å². The molecule has 17 heavy (non-hydrogen) atoms. The molecule has 0 radical (unpaired) electrons. The van der Waals surface area contributed by atoms with E-state index in [4.69, 9.17) is 4.74 Å². The minimum Gasteiger partial charge on any atom is -0.376 e. The maximum Gasteiger partial charge on any atom is 0.314 e. The zero-order chi connectivity index (χ0) is 12.1. The van der Waals surface area contributed by atoms with E-state index in [1.807, 2.05) is 0 Å². The van der Waals surface area contributed by atoms with E-state index in [1.54, 1.807) is 7.05 Å². The Morgan fingerprint density at radius 1 is 1.41 bits per heavy atom. The third-order valence-corrected chi connectivity index (χ3v) is 4.00. The molecule has 2 amide bonds. The highest BCUT2D eigenvalue weighted by molar-refractivity contribution is 5.73. The number of amides is 2. The van der Waals surface area contributed by atoms with Gasteiger partial charge in [-0.1, -0.05) is 0 Å². The third kappa shape index (κ3) is 3.33. The van der Waals surface area contributed by atoms with Crippen molar-refractivity contribution in [2.75, 3.05) is 33.3 Å². The molecule has 2 rings (SSSR count). The second-order valence-electron chi connectivity index (χ2n) is 5.18. The SMILES string of the molecule is CNC(=O)NC[C@@H]1CCC2(CCNCC2)CO1. The molecule has 3 N–H and O–H groups in total. The van der Waals surface area contributed by atoms with E-state index in [0.717, 1.165) is 26.1 Å². The van der Waals surface area contributed by atoms with Crippen molar-refractivity contribution in [3.8, 4) is 0 Å². The van der Waals surface area contributed by atoms with Gasteiger partial charge in [0.15, 0.2) is 0 Å². The number of ether oxygens (including phenoxy) is 1. The average molecular weight is 241 g/mol. The first-order valence-corrected chi connectivity index (χ1v) is 6.52. The van der Waals surface area contributed by atoms with Crippen LogP contribution in [-0.4, -0.2) is 45.4 Å². The zero-order valence-electron chi connectivity index (χ0n) is 10.6. The van der Waals surface area contributed by atoms with Gasteiger partial charge >= 0.3 is 6.03 Å². The van der Waals surface area contributed by atoms with Gasteiger partial charge in [0.1, 0.15) is 0 Å². The number of hydrogen-bond donors (Lipinski definition) is 3. The molecule has 2 aliphatic rings. The van der Waals surface area contributed by atoms with E-state index in [-0.39, 0.29) is 12.1 Å². The van der Waals surface area contributed by atoms with Gasteiger partial charge in [-0.05, 0) is 44.2 Å². The van der Waals surface area contributed by atoms with Crippen LogP contribution in [0.1, 0.15) is 25.7 Å². The van der Waals surface area contributed by atoms with Crippen molar-refractivity contribution in [1.29, 1.82) is 0 Å². The lowest BCUT2D eigenvalue weighted by atomic mass is 9.74. The van der Waals surface area contributed by atoms with Crippen LogP contribution in [0.25, 0.3) is 0 Å². The fourth-order valence-corrected chi connectivity index (χ4v) is 2.72. The van der Waals surface area contributed by atoms with Crippen molar-refractivity contribution in [1.82, 2.24) is 16.0 Å². The Bertz CT molecular complexity index is 254. The Balaban J connectivity index is 1.72. The highest BCUT2D eigenvalue weighted by Crippen LogP contribution is 2.38. The molecular weight excluding hydrogens is 218 g/mol. The molecule has 0 aliphatic carbocycles. The van der Waals surface area contributed by atoms with Crippen LogP contribution >= 0.6 is 0 Å². The normalized spacial score (nSPS) is 27.7. The first-order valence-electron chi connectivity index (χ1n) is 6.52. The molecule has 0 saturated carbocycles. The molecule has 0 bridgehead atoms. The second kappa shape index (κ2) is 5.69. The van der Waals surface area contributed by atoms with Crippen LogP contribution in [0.5, 0.6) is 0 Å². The Morgan fingerprint density at radius 3 is 2.76 bits per heavy atom. The summed E-state index contributed by atoms with van der Waals surface area (Å²) in [5.74, 6) is 0. The van der Waals surface area contributed by atoms with Crippen LogP contribution in [0.15, 0.2) is 0 Å². The lowest BCUT2D eigenvalue weighted by molar-refractivity contribution is -0.0718. The van der Waals surface area contributed by atoms with Crippen LogP contribution in [0.4, 0.5) is 4.79 Å². The van der Waals surface area contributed by atoms with Crippen molar-refractivity contribution < 1.29 is 9.53 Å². The Labute approximate surface area is 103 Å². The summed E-state index contributed by atoms with van der Waals surface area (Å²) < 4.78 is 5.90. The quantitative estimate of drug-likeness (QED) is 0.658. The van der Waals surface area contributed by atoms with Crippen molar-refractivity contribution in [2.24, 2.45) is 5.41 Å². The summed E-state index contributed by atoms with van der Waals surface area (Å²) in [4.78, 5) is 11.1. The lowest BCUT2D eigenvalue weighted by Gasteiger charge is -2.43. The average Bonchev–Trinajstić information content (AvgIpc) is 2.39. The monoisotopic (exact) mass is 241 g/mol. The fraction of sp³-hybridized carbons (Fsp3) is 0.917. The predicted octanol–water partition coefficient (Wildman–Crippen LogP) is 0.464. The van der Waals surface area contributed by atoms with Gasteiger partial charge in [0.05, 0.1) is 12.7 Å². The summed E-state index contributed by atoms with van der Waals surface area (Å²) in [6.45, 7) is 3.71. The first kappa shape index (κ1) is 12.6. The molecule has 0 aromatic carbocycles.